The minimum atomic E-state index is -0.642. The van der Waals surface area contributed by atoms with E-state index in [4.69, 9.17) is 4.42 Å². The number of hydrogen-bond acceptors (Lipinski definition) is 4. The molecule has 0 saturated heterocycles. The van der Waals surface area contributed by atoms with E-state index < -0.39 is 6.10 Å². The quantitative estimate of drug-likeness (QED) is 0.544. The Hall–Kier alpha value is -3.18. The van der Waals surface area contributed by atoms with E-state index in [1.165, 1.54) is 18.1 Å². The number of aliphatic hydroxyl groups is 1. The predicted octanol–water partition coefficient (Wildman–Crippen LogP) is 4.53. The standard InChI is InChI=1S/C22H18N2O3/c1-13(25)22-9-15-8-14(6-7-21(15)27-22)20(26)10-18-16-4-2-3-5-17(16)19-11-23-12-24(18)19/h2-9,11-12,18,20,26H,10H2,1H3. The Morgan fingerprint density at radius 1 is 1.26 bits per heavy atom. The first-order valence-corrected chi connectivity index (χ1v) is 8.95. The molecular formula is C22H18N2O3. The number of nitrogens with zero attached hydrogens (tertiary/aromatic N) is 2. The number of carbonyl (C=O) groups is 1. The fourth-order valence-electron chi connectivity index (χ4n) is 3.96. The summed E-state index contributed by atoms with van der Waals surface area (Å²) < 4.78 is 7.66. The molecule has 0 radical (unpaired) electrons. The molecule has 0 fully saturated rings. The van der Waals surface area contributed by atoms with Gasteiger partial charge in [-0.15, -0.1) is 0 Å². The minimum Gasteiger partial charge on any atom is -0.453 e. The van der Waals surface area contributed by atoms with E-state index in [0.29, 0.717) is 17.8 Å². The van der Waals surface area contributed by atoms with Crippen LogP contribution in [0, 0.1) is 0 Å². The molecule has 0 spiro atoms. The van der Waals surface area contributed by atoms with E-state index in [1.54, 1.807) is 6.07 Å². The molecule has 5 heteroatoms. The van der Waals surface area contributed by atoms with E-state index >= 15 is 0 Å². The summed E-state index contributed by atoms with van der Waals surface area (Å²) >= 11 is 0. The largest absolute Gasteiger partial charge is 0.453 e. The molecule has 0 saturated carbocycles. The Balaban J connectivity index is 1.48. The molecule has 1 N–H and O–H groups in total. The second kappa shape index (κ2) is 5.93. The number of ketones is 1. The summed E-state index contributed by atoms with van der Waals surface area (Å²) in [5, 5.41) is 11.7. The van der Waals surface area contributed by atoms with Gasteiger partial charge in [0.1, 0.15) is 5.58 Å². The normalized spacial score (nSPS) is 16.3. The van der Waals surface area contributed by atoms with Crippen molar-refractivity contribution in [3.8, 4) is 11.3 Å². The van der Waals surface area contributed by atoms with Crippen LogP contribution in [0.15, 0.2) is 65.5 Å². The van der Waals surface area contributed by atoms with Gasteiger partial charge in [0.05, 0.1) is 30.4 Å². The molecule has 134 valence electrons. The third-order valence-corrected chi connectivity index (χ3v) is 5.32. The number of fused-ring (bicyclic) bond motifs is 4. The molecule has 27 heavy (non-hydrogen) atoms. The Morgan fingerprint density at radius 3 is 2.96 bits per heavy atom. The summed E-state index contributed by atoms with van der Waals surface area (Å²) in [6, 6.07) is 15.6. The predicted molar refractivity (Wildman–Crippen MR) is 102 cm³/mol. The maximum absolute atomic E-state index is 11.5. The van der Waals surface area contributed by atoms with Crippen LogP contribution in [-0.4, -0.2) is 20.4 Å². The third-order valence-electron chi connectivity index (χ3n) is 5.32. The fourth-order valence-corrected chi connectivity index (χ4v) is 3.96. The molecule has 2 atom stereocenters. The molecule has 0 amide bonds. The number of aliphatic hydroxyl groups excluding tert-OH is 1. The van der Waals surface area contributed by atoms with E-state index in [9.17, 15) is 9.90 Å². The number of rotatable bonds is 4. The molecule has 1 aliphatic rings. The zero-order valence-electron chi connectivity index (χ0n) is 14.8. The van der Waals surface area contributed by atoms with Crippen LogP contribution in [0.5, 0.6) is 0 Å². The first kappa shape index (κ1) is 16.0. The van der Waals surface area contributed by atoms with Gasteiger partial charge < -0.3 is 14.1 Å². The molecule has 4 aromatic rings. The van der Waals surface area contributed by atoms with Gasteiger partial charge in [-0.2, -0.15) is 0 Å². The zero-order valence-corrected chi connectivity index (χ0v) is 14.8. The first-order chi connectivity index (χ1) is 13.1. The van der Waals surface area contributed by atoms with Gasteiger partial charge >= 0.3 is 0 Å². The lowest BCUT2D eigenvalue weighted by Gasteiger charge is -2.19. The van der Waals surface area contributed by atoms with E-state index in [-0.39, 0.29) is 11.8 Å². The van der Waals surface area contributed by atoms with Crippen molar-refractivity contribution in [3.05, 3.63) is 77.9 Å². The van der Waals surface area contributed by atoms with Gasteiger partial charge in [0.2, 0.25) is 0 Å². The lowest BCUT2D eigenvalue weighted by atomic mass is 9.95. The summed E-state index contributed by atoms with van der Waals surface area (Å²) in [5.74, 6) is 0.230. The van der Waals surface area contributed by atoms with Crippen LogP contribution in [0.2, 0.25) is 0 Å². The van der Waals surface area contributed by atoms with Crippen LogP contribution in [0.25, 0.3) is 22.2 Å². The van der Waals surface area contributed by atoms with Crippen LogP contribution in [0.1, 0.15) is 47.2 Å². The molecule has 0 aliphatic carbocycles. The SMILES string of the molecule is CC(=O)c1cc2cc(C(O)CC3c4ccccc4-c4cncn43)ccc2o1. The van der Waals surface area contributed by atoms with Gasteiger partial charge in [0, 0.05) is 24.3 Å². The maximum atomic E-state index is 11.5. The van der Waals surface area contributed by atoms with E-state index in [2.05, 4.69) is 21.7 Å². The van der Waals surface area contributed by atoms with Gasteiger partial charge in [-0.05, 0) is 29.3 Å². The Morgan fingerprint density at radius 2 is 2.11 bits per heavy atom. The first-order valence-electron chi connectivity index (χ1n) is 8.95. The van der Waals surface area contributed by atoms with Crippen molar-refractivity contribution in [2.75, 3.05) is 0 Å². The summed E-state index contributed by atoms with van der Waals surface area (Å²) in [5.41, 5.74) is 4.92. The number of carbonyl (C=O) groups excluding carboxylic acids is 1. The lowest BCUT2D eigenvalue weighted by molar-refractivity contribution is 0.0989. The highest BCUT2D eigenvalue weighted by Gasteiger charge is 2.30. The van der Waals surface area contributed by atoms with Gasteiger partial charge in [-0.3, -0.25) is 4.79 Å². The lowest BCUT2D eigenvalue weighted by Crippen LogP contribution is -2.10. The van der Waals surface area contributed by atoms with Crippen molar-refractivity contribution in [2.45, 2.75) is 25.5 Å². The summed E-state index contributed by atoms with van der Waals surface area (Å²) in [4.78, 5) is 15.8. The van der Waals surface area contributed by atoms with Gasteiger partial charge in [-0.25, -0.2) is 4.98 Å². The number of furan rings is 1. The zero-order chi connectivity index (χ0) is 18.5. The topological polar surface area (TPSA) is 68.3 Å². The maximum Gasteiger partial charge on any atom is 0.194 e. The second-order valence-electron chi connectivity index (χ2n) is 7.00. The van der Waals surface area contributed by atoms with Crippen LogP contribution in [0.4, 0.5) is 0 Å². The van der Waals surface area contributed by atoms with Gasteiger partial charge in [-0.1, -0.05) is 30.3 Å². The third kappa shape index (κ3) is 2.51. The molecule has 5 nitrogen and oxygen atoms in total. The minimum absolute atomic E-state index is 0.0431. The second-order valence-corrected chi connectivity index (χ2v) is 7.00. The fraction of sp³-hybridized carbons (Fsp3) is 0.182. The van der Waals surface area contributed by atoms with Gasteiger partial charge in [0.15, 0.2) is 11.5 Å². The number of imidazole rings is 1. The van der Waals surface area contributed by atoms with Crippen molar-refractivity contribution in [1.29, 1.82) is 0 Å². The highest BCUT2D eigenvalue weighted by molar-refractivity contribution is 5.96. The van der Waals surface area contributed by atoms with E-state index in [1.807, 2.05) is 42.9 Å². The highest BCUT2D eigenvalue weighted by atomic mass is 16.3. The smallest absolute Gasteiger partial charge is 0.194 e. The Kier molecular flexibility index (Phi) is 3.52. The number of benzene rings is 2. The molecule has 5 rings (SSSR count). The number of Topliss-reactive ketones (excluding diaryl/α,β-unsaturated/α-hetero) is 1. The Labute approximate surface area is 155 Å². The van der Waals surface area contributed by atoms with Crippen LogP contribution in [-0.2, 0) is 0 Å². The van der Waals surface area contributed by atoms with Gasteiger partial charge in [0.25, 0.3) is 0 Å². The molecule has 3 heterocycles. The monoisotopic (exact) mass is 358 g/mol. The highest BCUT2D eigenvalue weighted by Crippen LogP contribution is 2.43. The molecule has 1 aliphatic heterocycles. The van der Waals surface area contributed by atoms with Crippen LogP contribution < -0.4 is 0 Å². The molecule has 2 aromatic heterocycles. The molecule has 2 aromatic carbocycles. The molecule has 0 bridgehead atoms. The van der Waals surface area contributed by atoms with Crippen molar-refractivity contribution in [2.24, 2.45) is 0 Å². The molecule has 2 unspecified atom stereocenters. The average Bonchev–Trinajstić information content (AvgIpc) is 3.37. The van der Waals surface area contributed by atoms with Crippen molar-refractivity contribution >= 4 is 16.8 Å². The van der Waals surface area contributed by atoms with Crippen LogP contribution in [0.3, 0.4) is 0 Å². The van der Waals surface area contributed by atoms with Crippen molar-refractivity contribution in [3.63, 3.8) is 0 Å². The summed E-state index contributed by atoms with van der Waals surface area (Å²) in [6.45, 7) is 1.48. The average molecular weight is 358 g/mol. The number of aromatic nitrogens is 2. The van der Waals surface area contributed by atoms with Crippen LogP contribution >= 0.6 is 0 Å². The Bertz CT molecular complexity index is 1170. The molecular weight excluding hydrogens is 340 g/mol. The van der Waals surface area contributed by atoms with Crippen molar-refractivity contribution in [1.82, 2.24) is 9.55 Å². The summed E-state index contributed by atoms with van der Waals surface area (Å²) in [7, 11) is 0. The van der Waals surface area contributed by atoms with Crippen molar-refractivity contribution < 1.29 is 14.3 Å². The van der Waals surface area contributed by atoms with E-state index in [0.717, 1.165) is 16.6 Å². The summed E-state index contributed by atoms with van der Waals surface area (Å²) in [6.07, 6.45) is 3.59. The number of hydrogen-bond donors (Lipinski definition) is 1.